The topological polar surface area (TPSA) is 91.3 Å². The number of aromatic carboxylic acids is 1. The van der Waals surface area contributed by atoms with Gasteiger partial charge in [-0.05, 0) is 18.1 Å². The number of nitrogens with zero attached hydrogens (tertiary/aromatic N) is 1. The van der Waals surface area contributed by atoms with Crippen LogP contribution in [0.3, 0.4) is 0 Å². The predicted octanol–water partition coefficient (Wildman–Crippen LogP) is 0.962. The van der Waals surface area contributed by atoms with Crippen LogP contribution in [0, 0.1) is 5.92 Å². The van der Waals surface area contributed by atoms with Crippen molar-refractivity contribution in [2.45, 2.75) is 19.9 Å². The van der Waals surface area contributed by atoms with Crippen molar-refractivity contribution in [1.82, 2.24) is 10.3 Å². The molecule has 6 heteroatoms. The molecule has 0 unspecified atom stereocenters. The van der Waals surface area contributed by atoms with E-state index in [1.807, 2.05) is 13.8 Å². The number of carboxylic acids is 1. The number of nitrogens with one attached hydrogen (secondary N) is 2. The van der Waals surface area contributed by atoms with E-state index in [9.17, 15) is 9.59 Å². The SMILES string of the molecule is CNC(=O)[C@@H](Nc1cccc(C(=O)O)n1)C(C)C. The number of likely N-dealkylation sites (N-methyl/N-ethyl adjacent to an activating group) is 1. The molecule has 1 aromatic heterocycles. The lowest BCUT2D eigenvalue weighted by Crippen LogP contribution is -2.41. The molecule has 0 aliphatic heterocycles. The van der Waals surface area contributed by atoms with Crippen LogP contribution in [0.2, 0.25) is 0 Å². The van der Waals surface area contributed by atoms with Gasteiger partial charge in [-0.2, -0.15) is 0 Å². The summed E-state index contributed by atoms with van der Waals surface area (Å²) in [6, 6.07) is 4.16. The first-order valence-electron chi connectivity index (χ1n) is 5.64. The van der Waals surface area contributed by atoms with E-state index >= 15 is 0 Å². The smallest absolute Gasteiger partial charge is 0.354 e. The van der Waals surface area contributed by atoms with E-state index in [-0.39, 0.29) is 17.5 Å². The van der Waals surface area contributed by atoms with Crippen molar-refractivity contribution in [3.05, 3.63) is 23.9 Å². The molecule has 6 nitrogen and oxygen atoms in total. The average molecular weight is 251 g/mol. The summed E-state index contributed by atoms with van der Waals surface area (Å²) in [5.41, 5.74) is -0.0561. The summed E-state index contributed by atoms with van der Waals surface area (Å²) in [6.07, 6.45) is 0. The van der Waals surface area contributed by atoms with E-state index in [1.165, 1.54) is 6.07 Å². The fourth-order valence-electron chi connectivity index (χ4n) is 1.48. The molecule has 0 saturated heterocycles. The molecular formula is C12H17N3O3. The number of anilines is 1. The molecule has 0 aromatic carbocycles. The fourth-order valence-corrected chi connectivity index (χ4v) is 1.48. The summed E-state index contributed by atoms with van der Waals surface area (Å²) in [7, 11) is 1.56. The minimum atomic E-state index is -1.10. The minimum absolute atomic E-state index is 0.0558. The van der Waals surface area contributed by atoms with Crippen LogP contribution in [-0.2, 0) is 4.79 Å². The van der Waals surface area contributed by atoms with Gasteiger partial charge in [-0.1, -0.05) is 19.9 Å². The van der Waals surface area contributed by atoms with Crippen LogP contribution in [0.4, 0.5) is 5.82 Å². The molecule has 98 valence electrons. The highest BCUT2D eigenvalue weighted by atomic mass is 16.4. The van der Waals surface area contributed by atoms with Crippen molar-refractivity contribution in [2.24, 2.45) is 5.92 Å². The minimum Gasteiger partial charge on any atom is -0.477 e. The number of carboxylic acid groups (broad SMARTS) is 1. The van der Waals surface area contributed by atoms with Gasteiger partial charge in [0.2, 0.25) is 5.91 Å². The van der Waals surface area contributed by atoms with Crippen LogP contribution in [0.25, 0.3) is 0 Å². The molecule has 0 radical (unpaired) electrons. The lowest BCUT2D eigenvalue weighted by atomic mass is 10.0. The number of aromatic nitrogens is 1. The molecule has 0 aliphatic carbocycles. The maximum absolute atomic E-state index is 11.7. The Morgan fingerprint density at radius 2 is 2.00 bits per heavy atom. The molecule has 1 heterocycles. The summed E-state index contributed by atoms with van der Waals surface area (Å²) in [5.74, 6) is -0.829. The number of amides is 1. The van der Waals surface area contributed by atoms with Crippen molar-refractivity contribution in [1.29, 1.82) is 0 Å². The largest absolute Gasteiger partial charge is 0.477 e. The first-order valence-corrected chi connectivity index (χ1v) is 5.64. The van der Waals surface area contributed by atoms with Crippen LogP contribution in [0.15, 0.2) is 18.2 Å². The third kappa shape index (κ3) is 3.44. The van der Waals surface area contributed by atoms with Crippen LogP contribution >= 0.6 is 0 Å². The van der Waals surface area contributed by atoms with Crippen molar-refractivity contribution < 1.29 is 14.7 Å². The Labute approximate surface area is 105 Å². The molecule has 0 aliphatic rings. The Morgan fingerprint density at radius 1 is 1.33 bits per heavy atom. The third-order valence-corrected chi connectivity index (χ3v) is 2.47. The zero-order valence-electron chi connectivity index (χ0n) is 10.6. The van der Waals surface area contributed by atoms with E-state index in [0.717, 1.165) is 0 Å². The van der Waals surface area contributed by atoms with Gasteiger partial charge in [-0.3, -0.25) is 4.79 Å². The van der Waals surface area contributed by atoms with E-state index in [4.69, 9.17) is 5.11 Å². The number of pyridine rings is 1. The van der Waals surface area contributed by atoms with Gasteiger partial charge in [0.15, 0.2) is 5.69 Å². The Balaban J connectivity index is 2.90. The lowest BCUT2D eigenvalue weighted by molar-refractivity contribution is -0.122. The van der Waals surface area contributed by atoms with Crippen LogP contribution in [0.5, 0.6) is 0 Å². The second kappa shape index (κ2) is 6.00. The quantitative estimate of drug-likeness (QED) is 0.725. The maximum atomic E-state index is 11.7. The molecule has 0 spiro atoms. The van der Waals surface area contributed by atoms with E-state index < -0.39 is 12.0 Å². The van der Waals surface area contributed by atoms with E-state index in [1.54, 1.807) is 19.2 Å². The molecule has 0 bridgehead atoms. The summed E-state index contributed by atoms with van der Waals surface area (Å²) in [4.78, 5) is 26.4. The molecular weight excluding hydrogens is 234 g/mol. The van der Waals surface area contributed by atoms with Gasteiger partial charge in [0, 0.05) is 7.05 Å². The monoisotopic (exact) mass is 251 g/mol. The Kier molecular flexibility index (Phi) is 4.65. The lowest BCUT2D eigenvalue weighted by Gasteiger charge is -2.21. The highest BCUT2D eigenvalue weighted by Crippen LogP contribution is 2.11. The molecule has 0 fully saturated rings. The summed E-state index contributed by atoms with van der Waals surface area (Å²) in [6.45, 7) is 3.79. The van der Waals surface area contributed by atoms with Gasteiger partial charge >= 0.3 is 5.97 Å². The van der Waals surface area contributed by atoms with Crippen LogP contribution in [-0.4, -0.2) is 35.1 Å². The average Bonchev–Trinajstić information content (AvgIpc) is 2.35. The number of hydrogen-bond donors (Lipinski definition) is 3. The summed E-state index contributed by atoms with van der Waals surface area (Å²) < 4.78 is 0. The number of carbonyl (C=O) groups is 2. The zero-order valence-corrected chi connectivity index (χ0v) is 10.6. The Hall–Kier alpha value is -2.11. The number of rotatable bonds is 5. The van der Waals surface area contributed by atoms with Gasteiger partial charge in [0.1, 0.15) is 11.9 Å². The zero-order chi connectivity index (χ0) is 13.7. The molecule has 18 heavy (non-hydrogen) atoms. The standard InChI is InChI=1S/C12H17N3O3/c1-7(2)10(11(16)13-3)15-9-6-4-5-8(14-9)12(17)18/h4-7,10H,1-3H3,(H,13,16)(H,14,15)(H,17,18)/t10-/m0/s1. The first kappa shape index (κ1) is 14.0. The summed E-state index contributed by atoms with van der Waals surface area (Å²) in [5, 5.41) is 14.3. The molecule has 1 aromatic rings. The van der Waals surface area contributed by atoms with Crippen LogP contribution < -0.4 is 10.6 Å². The van der Waals surface area contributed by atoms with E-state index in [2.05, 4.69) is 15.6 Å². The van der Waals surface area contributed by atoms with E-state index in [0.29, 0.717) is 5.82 Å². The van der Waals surface area contributed by atoms with Gasteiger partial charge < -0.3 is 15.7 Å². The highest BCUT2D eigenvalue weighted by Gasteiger charge is 2.21. The van der Waals surface area contributed by atoms with Crippen LogP contribution in [0.1, 0.15) is 24.3 Å². The van der Waals surface area contributed by atoms with Crippen molar-refractivity contribution in [3.63, 3.8) is 0 Å². The Bertz CT molecular complexity index is 446. The van der Waals surface area contributed by atoms with Gasteiger partial charge in [0.05, 0.1) is 0 Å². The van der Waals surface area contributed by atoms with Gasteiger partial charge in [-0.25, -0.2) is 9.78 Å². The van der Waals surface area contributed by atoms with Gasteiger partial charge in [0.25, 0.3) is 0 Å². The van der Waals surface area contributed by atoms with Gasteiger partial charge in [-0.15, -0.1) is 0 Å². The van der Waals surface area contributed by atoms with Crippen molar-refractivity contribution >= 4 is 17.7 Å². The second-order valence-corrected chi connectivity index (χ2v) is 4.19. The fraction of sp³-hybridized carbons (Fsp3) is 0.417. The van der Waals surface area contributed by atoms with Crippen molar-refractivity contribution in [3.8, 4) is 0 Å². The second-order valence-electron chi connectivity index (χ2n) is 4.19. The number of hydrogen-bond acceptors (Lipinski definition) is 4. The first-order chi connectivity index (χ1) is 8.45. The molecule has 3 N–H and O–H groups in total. The summed E-state index contributed by atoms with van der Waals surface area (Å²) >= 11 is 0. The maximum Gasteiger partial charge on any atom is 0.354 e. The number of carbonyl (C=O) groups excluding carboxylic acids is 1. The molecule has 1 amide bonds. The normalized spacial score (nSPS) is 12.0. The third-order valence-electron chi connectivity index (χ3n) is 2.47. The predicted molar refractivity (Wildman–Crippen MR) is 67.5 cm³/mol. The highest BCUT2D eigenvalue weighted by molar-refractivity contribution is 5.86. The molecule has 0 saturated carbocycles. The Morgan fingerprint density at radius 3 is 2.50 bits per heavy atom. The van der Waals surface area contributed by atoms with Crippen molar-refractivity contribution in [2.75, 3.05) is 12.4 Å². The molecule has 1 atom stereocenters. The molecule has 1 rings (SSSR count).